The molecule has 0 saturated carbocycles. The Morgan fingerprint density at radius 3 is 2.12 bits per heavy atom. The van der Waals surface area contributed by atoms with Gasteiger partial charge in [-0.3, -0.25) is 10.1 Å². The van der Waals surface area contributed by atoms with Crippen LogP contribution >= 0.6 is 0 Å². The van der Waals surface area contributed by atoms with Gasteiger partial charge in [-0.15, -0.1) is 0 Å². The smallest absolute Gasteiger partial charge is 0.318 e. The number of rotatable bonds is 6. The SMILES string of the molecule is CC(NC(CN(C)C)C(C)C)C(=O)NC(N)=O. The fourth-order valence-electron chi connectivity index (χ4n) is 1.48. The highest BCUT2D eigenvalue weighted by Crippen LogP contribution is 2.04. The highest BCUT2D eigenvalue weighted by atomic mass is 16.2. The van der Waals surface area contributed by atoms with Crippen LogP contribution in [0.5, 0.6) is 0 Å². The zero-order chi connectivity index (χ0) is 13.6. The van der Waals surface area contributed by atoms with Crippen molar-refractivity contribution in [1.29, 1.82) is 0 Å². The first-order chi connectivity index (χ1) is 7.73. The third kappa shape index (κ3) is 6.91. The second-order valence-electron chi connectivity index (χ2n) is 4.85. The minimum atomic E-state index is -0.822. The molecule has 0 aliphatic heterocycles. The number of imide groups is 1. The predicted molar refractivity (Wildman–Crippen MR) is 67.5 cm³/mol. The molecule has 100 valence electrons. The average Bonchev–Trinajstić information content (AvgIpc) is 2.14. The van der Waals surface area contributed by atoms with Gasteiger partial charge in [0.1, 0.15) is 0 Å². The van der Waals surface area contributed by atoms with Crippen molar-refractivity contribution in [2.75, 3.05) is 20.6 Å². The molecule has 6 nitrogen and oxygen atoms in total. The van der Waals surface area contributed by atoms with Crippen molar-refractivity contribution in [3.05, 3.63) is 0 Å². The number of primary amides is 1. The van der Waals surface area contributed by atoms with Crippen LogP contribution in [0.25, 0.3) is 0 Å². The second-order valence-corrected chi connectivity index (χ2v) is 4.85. The van der Waals surface area contributed by atoms with Crippen LogP contribution in [0.2, 0.25) is 0 Å². The quantitative estimate of drug-likeness (QED) is 0.601. The number of urea groups is 1. The van der Waals surface area contributed by atoms with Gasteiger partial charge in [-0.05, 0) is 26.9 Å². The van der Waals surface area contributed by atoms with Gasteiger partial charge in [0.2, 0.25) is 5.91 Å². The van der Waals surface area contributed by atoms with Crippen molar-refractivity contribution in [2.45, 2.75) is 32.9 Å². The van der Waals surface area contributed by atoms with Gasteiger partial charge < -0.3 is 16.0 Å². The first-order valence-corrected chi connectivity index (χ1v) is 5.75. The van der Waals surface area contributed by atoms with E-state index in [1.54, 1.807) is 6.92 Å². The lowest BCUT2D eigenvalue weighted by molar-refractivity contribution is -0.121. The number of likely N-dealkylation sites (N-methyl/N-ethyl adjacent to an activating group) is 1. The van der Waals surface area contributed by atoms with E-state index in [1.807, 2.05) is 14.1 Å². The lowest BCUT2D eigenvalue weighted by Crippen LogP contribution is -2.53. The summed E-state index contributed by atoms with van der Waals surface area (Å²) in [6.07, 6.45) is 0. The molecule has 17 heavy (non-hydrogen) atoms. The molecule has 2 unspecified atom stereocenters. The highest BCUT2D eigenvalue weighted by molar-refractivity contribution is 5.96. The van der Waals surface area contributed by atoms with Crippen LogP contribution in [0.15, 0.2) is 0 Å². The number of hydrogen-bond acceptors (Lipinski definition) is 4. The molecule has 3 amide bonds. The van der Waals surface area contributed by atoms with Crippen LogP contribution in [0.1, 0.15) is 20.8 Å². The molecule has 0 aliphatic carbocycles. The van der Waals surface area contributed by atoms with Crippen LogP contribution in [-0.4, -0.2) is 49.6 Å². The zero-order valence-electron chi connectivity index (χ0n) is 11.3. The van der Waals surface area contributed by atoms with E-state index in [0.29, 0.717) is 5.92 Å². The predicted octanol–water partition coefficient (Wildman–Crippen LogP) is -0.254. The van der Waals surface area contributed by atoms with Crippen molar-refractivity contribution in [3.8, 4) is 0 Å². The molecule has 0 aromatic carbocycles. The van der Waals surface area contributed by atoms with Crippen molar-refractivity contribution in [3.63, 3.8) is 0 Å². The topological polar surface area (TPSA) is 87.5 Å². The van der Waals surface area contributed by atoms with E-state index in [2.05, 4.69) is 29.4 Å². The van der Waals surface area contributed by atoms with E-state index >= 15 is 0 Å². The third-order valence-corrected chi connectivity index (χ3v) is 2.47. The summed E-state index contributed by atoms with van der Waals surface area (Å²) in [7, 11) is 3.95. The molecular weight excluding hydrogens is 220 g/mol. The van der Waals surface area contributed by atoms with Crippen molar-refractivity contribution in [1.82, 2.24) is 15.5 Å². The lowest BCUT2D eigenvalue weighted by atomic mass is 10.0. The number of carbonyl (C=O) groups is 2. The maximum Gasteiger partial charge on any atom is 0.318 e. The largest absolute Gasteiger partial charge is 0.351 e. The van der Waals surface area contributed by atoms with E-state index in [0.717, 1.165) is 6.54 Å². The van der Waals surface area contributed by atoms with Crippen molar-refractivity contribution >= 4 is 11.9 Å². The number of nitrogens with zero attached hydrogens (tertiary/aromatic N) is 1. The summed E-state index contributed by atoms with van der Waals surface area (Å²) in [6, 6.07) is -1.09. The Hall–Kier alpha value is -1.14. The summed E-state index contributed by atoms with van der Waals surface area (Å²) in [5.74, 6) is -0.0110. The summed E-state index contributed by atoms with van der Waals surface area (Å²) < 4.78 is 0. The summed E-state index contributed by atoms with van der Waals surface area (Å²) >= 11 is 0. The lowest BCUT2D eigenvalue weighted by Gasteiger charge is -2.28. The molecule has 0 fully saturated rings. The minimum absolute atomic E-state index is 0.179. The average molecular weight is 244 g/mol. The van der Waals surface area contributed by atoms with E-state index in [1.165, 1.54) is 0 Å². The van der Waals surface area contributed by atoms with Gasteiger partial charge in [0, 0.05) is 12.6 Å². The first-order valence-electron chi connectivity index (χ1n) is 5.75. The van der Waals surface area contributed by atoms with E-state index in [4.69, 9.17) is 5.73 Å². The first kappa shape index (κ1) is 15.9. The van der Waals surface area contributed by atoms with Crippen molar-refractivity contribution < 1.29 is 9.59 Å². The number of carbonyl (C=O) groups excluding carboxylic acids is 2. The monoisotopic (exact) mass is 244 g/mol. The summed E-state index contributed by atoms with van der Waals surface area (Å²) in [4.78, 5) is 24.1. The van der Waals surface area contributed by atoms with Crippen LogP contribution in [-0.2, 0) is 4.79 Å². The Bertz CT molecular complexity index is 266. The fraction of sp³-hybridized carbons (Fsp3) is 0.818. The second kappa shape index (κ2) is 7.24. The molecule has 0 aromatic heterocycles. The maximum atomic E-state index is 11.5. The van der Waals surface area contributed by atoms with Crippen molar-refractivity contribution in [2.24, 2.45) is 11.7 Å². The van der Waals surface area contributed by atoms with Gasteiger partial charge in [0.15, 0.2) is 0 Å². The summed E-state index contributed by atoms with van der Waals surface area (Å²) in [6.45, 7) is 6.70. The van der Waals surface area contributed by atoms with Crippen LogP contribution < -0.4 is 16.4 Å². The number of amides is 3. The normalized spacial score (nSPS) is 14.8. The van der Waals surface area contributed by atoms with Gasteiger partial charge in [-0.25, -0.2) is 4.79 Å². The molecule has 0 heterocycles. The Morgan fingerprint density at radius 1 is 1.24 bits per heavy atom. The van der Waals surface area contributed by atoms with E-state index < -0.39 is 18.0 Å². The molecule has 0 aromatic rings. The van der Waals surface area contributed by atoms with Crippen LogP contribution in [0.3, 0.4) is 0 Å². The molecule has 0 rings (SSSR count). The molecule has 4 N–H and O–H groups in total. The summed E-state index contributed by atoms with van der Waals surface area (Å²) in [5.41, 5.74) is 4.90. The highest BCUT2D eigenvalue weighted by Gasteiger charge is 2.21. The fourth-order valence-corrected chi connectivity index (χ4v) is 1.48. The van der Waals surface area contributed by atoms with Crippen LogP contribution in [0, 0.1) is 5.92 Å². The number of nitrogens with one attached hydrogen (secondary N) is 2. The number of nitrogens with two attached hydrogens (primary N) is 1. The van der Waals surface area contributed by atoms with Crippen LogP contribution in [0.4, 0.5) is 4.79 Å². The van der Waals surface area contributed by atoms with Gasteiger partial charge in [-0.2, -0.15) is 0 Å². The molecule has 0 radical (unpaired) electrons. The summed E-state index contributed by atoms with van der Waals surface area (Å²) in [5, 5.41) is 5.26. The Kier molecular flexibility index (Phi) is 6.75. The molecule has 0 saturated heterocycles. The van der Waals surface area contributed by atoms with E-state index in [9.17, 15) is 9.59 Å². The van der Waals surface area contributed by atoms with Gasteiger partial charge >= 0.3 is 6.03 Å². The maximum absolute atomic E-state index is 11.5. The zero-order valence-corrected chi connectivity index (χ0v) is 11.3. The molecule has 0 bridgehead atoms. The molecule has 0 spiro atoms. The molecular formula is C11H24N4O2. The molecule has 6 heteroatoms. The van der Waals surface area contributed by atoms with Gasteiger partial charge in [-0.1, -0.05) is 13.8 Å². The third-order valence-electron chi connectivity index (χ3n) is 2.47. The minimum Gasteiger partial charge on any atom is -0.351 e. The Morgan fingerprint density at radius 2 is 1.76 bits per heavy atom. The molecule has 2 atom stereocenters. The van der Waals surface area contributed by atoms with Gasteiger partial charge in [0.05, 0.1) is 6.04 Å². The Labute approximate surface area is 103 Å². The van der Waals surface area contributed by atoms with Gasteiger partial charge in [0.25, 0.3) is 0 Å². The van der Waals surface area contributed by atoms with E-state index in [-0.39, 0.29) is 6.04 Å². The Balaban J connectivity index is 4.34. The number of hydrogen-bond donors (Lipinski definition) is 3. The standard InChI is InChI=1S/C11H24N4O2/c1-7(2)9(6-15(4)5)13-8(3)10(16)14-11(12)17/h7-9,13H,6H2,1-5H3,(H3,12,14,16,17). The molecule has 0 aliphatic rings.